The van der Waals surface area contributed by atoms with E-state index in [1.54, 1.807) is 0 Å². The van der Waals surface area contributed by atoms with Crippen LogP contribution in [-0.4, -0.2) is 9.13 Å². The minimum Gasteiger partial charge on any atom is -0.309 e. The molecular formula is C44H26N4. The zero-order valence-electron chi connectivity index (χ0n) is 25.8. The number of hydrogen-bond acceptors (Lipinski definition) is 2. The molecule has 0 aliphatic rings. The van der Waals surface area contributed by atoms with Gasteiger partial charge in [-0.1, -0.05) is 115 Å². The molecule has 0 saturated heterocycles. The molecule has 4 heteroatoms. The lowest BCUT2D eigenvalue weighted by atomic mass is 9.95. The van der Waals surface area contributed by atoms with Crippen LogP contribution >= 0.6 is 0 Å². The van der Waals surface area contributed by atoms with Crippen LogP contribution in [0.2, 0.25) is 0 Å². The number of benzene rings is 7. The number of para-hydroxylation sites is 4. The van der Waals surface area contributed by atoms with Crippen LogP contribution in [0.1, 0.15) is 11.1 Å². The SMILES string of the molecule is N#Cc1c(-c2ccc(-c3ccccc3-n3c4ccccc4c4c(C#N)cccc43)cc2)cccc1-n1c2ccccc2c2ccccc21. The second kappa shape index (κ2) is 10.9. The van der Waals surface area contributed by atoms with E-state index < -0.39 is 0 Å². The molecule has 9 rings (SSSR count). The average Bonchev–Trinajstić information content (AvgIpc) is 3.67. The van der Waals surface area contributed by atoms with Crippen LogP contribution in [-0.2, 0) is 0 Å². The Balaban J connectivity index is 1.19. The first-order chi connectivity index (χ1) is 23.8. The molecule has 0 aliphatic carbocycles. The molecule has 0 radical (unpaired) electrons. The van der Waals surface area contributed by atoms with Crippen molar-refractivity contribution in [3.63, 3.8) is 0 Å². The fourth-order valence-electron chi connectivity index (χ4n) is 7.38. The third-order valence-electron chi connectivity index (χ3n) is 9.45. The predicted octanol–water partition coefficient (Wildman–Crippen LogP) is 11.0. The maximum absolute atomic E-state index is 10.6. The van der Waals surface area contributed by atoms with Crippen LogP contribution in [0.4, 0.5) is 0 Å². The van der Waals surface area contributed by atoms with E-state index in [4.69, 9.17) is 0 Å². The first kappa shape index (κ1) is 27.4. The number of aromatic nitrogens is 2. The molecule has 2 heterocycles. The van der Waals surface area contributed by atoms with Crippen LogP contribution < -0.4 is 0 Å². The van der Waals surface area contributed by atoms with Gasteiger partial charge in [-0.05, 0) is 53.6 Å². The maximum Gasteiger partial charge on any atom is 0.102 e. The molecule has 0 atom stereocenters. The number of nitriles is 2. The number of nitrogens with zero attached hydrogens (tertiary/aromatic N) is 4. The molecule has 0 spiro atoms. The molecule has 0 unspecified atom stereocenters. The lowest BCUT2D eigenvalue weighted by molar-refractivity contribution is 1.17. The molecule has 7 aromatic carbocycles. The molecule has 0 bridgehead atoms. The number of hydrogen-bond donors (Lipinski definition) is 0. The molecule has 4 nitrogen and oxygen atoms in total. The van der Waals surface area contributed by atoms with Gasteiger partial charge >= 0.3 is 0 Å². The Morgan fingerprint density at radius 1 is 0.375 bits per heavy atom. The van der Waals surface area contributed by atoms with Crippen LogP contribution in [0.25, 0.3) is 77.2 Å². The zero-order valence-corrected chi connectivity index (χ0v) is 25.8. The Morgan fingerprint density at radius 2 is 0.854 bits per heavy atom. The van der Waals surface area contributed by atoms with E-state index in [1.807, 2.05) is 54.6 Å². The van der Waals surface area contributed by atoms with Crippen molar-refractivity contribution in [3.8, 4) is 45.8 Å². The summed E-state index contributed by atoms with van der Waals surface area (Å²) in [4.78, 5) is 0. The van der Waals surface area contributed by atoms with E-state index in [9.17, 15) is 10.5 Å². The predicted molar refractivity (Wildman–Crippen MR) is 195 cm³/mol. The summed E-state index contributed by atoms with van der Waals surface area (Å²) in [5.74, 6) is 0. The molecule has 0 saturated carbocycles. The smallest absolute Gasteiger partial charge is 0.102 e. The molecule has 222 valence electrons. The highest BCUT2D eigenvalue weighted by atomic mass is 15.0. The van der Waals surface area contributed by atoms with Crippen LogP contribution in [0.5, 0.6) is 0 Å². The summed E-state index contributed by atoms with van der Waals surface area (Å²) in [6.07, 6.45) is 0. The largest absolute Gasteiger partial charge is 0.309 e. The van der Waals surface area contributed by atoms with Crippen molar-refractivity contribution in [1.82, 2.24) is 9.13 Å². The van der Waals surface area contributed by atoms with Gasteiger partial charge in [0.2, 0.25) is 0 Å². The highest BCUT2D eigenvalue weighted by molar-refractivity contribution is 6.12. The third-order valence-corrected chi connectivity index (χ3v) is 9.45. The van der Waals surface area contributed by atoms with Crippen molar-refractivity contribution in [3.05, 3.63) is 169 Å². The van der Waals surface area contributed by atoms with Gasteiger partial charge in [0.25, 0.3) is 0 Å². The third kappa shape index (κ3) is 4.01. The number of rotatable bonds is 4. The van der Waals surface area contributed by atoms with Gasteiger partial charge in [0.15, 0.2) is 0 Å². The summed E-state index contributed by atoms with van der Waals surface area (Å²) in [6, 6.07) is 58.9. The van der Waals surface area contributed by atoms with E-state index >= 15 is 0 Å². The fourth-order valence-corrected chi connectivity index (χ4v) is 7.38. The molecular weight excluding hydrogens is 585 g/mol. The monoisotopic (exact) mass is 610 g/mol. The summed E-state index contributed by atoms with van der Waals surface area (Å²) >= 11 is 0. The first-order valence-corrected chi connectivity index (χ1v) is 15.9. The van der Waals surface area contributed by atoms with Gasteiger partial charge in [0, 0.05) is 32.7 Å². The lowest BCUT2D eigenvalue weighted by Crippen LogP contribution is -1.99. The Labute approximate surface area is 277 Å². The Bertz CT molecular complexity index is 2750. The second-order valence-corrected chi connectivity index (χ2v) is 11.9. The van der Waals surface area contributed by atoms with Crippen molar-refractivity contribution in [1.29, 1.82) is 10.5 Å². The van der Waals surface area contributed by atoms with Crippen molar-refractivity contribution < 1.29 is 0 Å². The van der Waals surface area contributed by atoms with Crippen LogP contribution in [0.3, 0.4) is 0 Å². The van der Waals surface area contributed by atoms with Gasteiger partial charge in [-0.25, -0.2) is 0 Å². The summed E-state index contributed by atoms with van der Waals surface area (Å²) < 4.78 is 4.47. The van der Waals surface area contributed by atoms with E-state index in [2.05, 4.69) is 124 Å². The summed E-state index contributed by atoms with van der Waals surface area (Å²) in [7, 11) is 0. The summed E-state index contributed by atoms with van der Waals surface area (Å²) in [5, 5.41) is 24.9. The molecule has 48 heavy (non-hydrogen) atoms. The second-order valence-electron chi connectivity index (χ2n) is 11.9. The van der Waals surface area contributed by atoms with E-state index in [0.717, 1.165) is 77.2 Å². The minimum absolute atomic E-state index is 0.635. The van der Waals surface area contributed by atoms with E-state index in [0.29, 0.717) is 11.1 Å². The maximum atomic E-state index is 10.6. The topological polar surface area (TPSA) is 57.4 Å². The molecule has 0 amide bonds. The van der Waals surface area contributed by atoms with Gasteiger partial charge in [0.1, 0.15) is 6.07 Å². The average molecular weight is 611 g/mol. The van der Waals surface area contributed by atoms with Gasteiger partial charge in [-0.15, -0.1) is 0 Å². The van der Waals surface area contributed by atoms with Gasteiger partial charge < -0.3 is 9.13 Å². The fraction of sp³-hybridized carbons (Fsp3) is 0. The highest BCUT2D eigenvalue weighted by Gasteiger charge is 2.19. The number of fused-ring (bicyclic) bond motifs is 6. The summed E-state index contributed by atoms with van der Waals surface area (Å²) in [6.45, 7) is 0. The zero-order chi connectivity index (χ0) is 32.2. The quantitative estimate of drug-likeness (QED) is 0.199. The normalized spacial score (nSPS) is 11.3. The van der Waals surface area contributed by atoms with Crippen molar-refractivity contribution >= 4 is 43.6 Å². The van der Waals surface area contributed by atoms with Crippen molar-refractivity contribution in [2.24, 2.45) is 0 Å². The van der Waals surface area contributed by atoms with E-state index in [1.165, 1.54) is 0 Å². The Morgan fingerprint density at radius 3 is 1.52 bits per heavy atom. The molecule has 9 aromatic rings. The first-order valence-electron chi connectivity index (χ1n) is 15.9. The molecule has 0 aliphatic heterocycles. The van der Waals surface area contributed by atoms with Crippen molar-refractivity contribution in [2.75, 3.05) is 0 Å². The molecule has 2 aromatic heterocycles. The Kier molecular flexibility index (Phi) is 6.22. The Hall–Kier alpha value is -6.88. The van der Waals surface area contributed by atoms with Crippen LogP contribution in [0, 0.1) is 22.7 Å². The van der Waals surface area contributed by atoms with Gasteiger partial charge in [0.05, 0.1) is 50.6 Å². The minimum atomic E-state index is 0.635. The molecule has 0 fully saturated rings. The van der Waals surface area contributed by atoms with Crippen molar-refractivity contribution in [2.45, 2.75) is 0 Å². The van der Waals surface area contributed by atoms with Gasteiger partial charge in [-0.2, -0.15) is 10.5 Å². The van der Waals surface area contributed by atoms with E-state index in [-0.39, 0.29) is 0 Å². The lowest BCUT2D eigenvalue weighted by Gasteiger charge is -2.15. The highest BCUT2D eigenvalue weighted by Crippen LogP contribution is 2.39. The standard InChI is InChI=1S/C44H26N4/c45-27-31-11-9-22-43-44(31)36-15-4-8-20-41(36)48(43)38-17-5-1-12-33(38)30-25-23-29(24-26-30)32-16-10-21-42(37(32)28-46)47-39-18-6-2-13-34(39)35-14-3-7-19-40(35)47/h1-26H. The van der Waals surface area contributed by atoms with Gasteiger partial charge in [-0.3, -0.25) is 0 Å². The summed E-state index contributed by atoms with van der Waals surface area (Å²) in [5.41, 5.74) is 11.4. The molecule has 0 N–H and O–H groups in total. The van der Waals surface area contributed by atoms with Crippen LogP contribution in [0.15, 0.2) is 158 Å².